The molecule has 5 rings (SSSR count). The minimum Gasteiger partial charge on any atom is -0.467 e. The second-order valence-corrected chi connectivity index (χ2v) is 8.49. The van der Waals surface area contributed by atoms with Crippen molar-refractivity contribution in [3.05, 3.63) is 94.3 Å². The van der Waals surface area contributed by atoms with Crippen molar-refractivity contribution in [2.75, 3.05) is 22.6 Å². The van der Waals surface area contributed by atoms with Gasteiger partial charge in [0, 0.05) is 28.2 Å². The summed E-state index contributed by atoms with van der Waals surface area (Å²) in [6.45, 7) is 1.93. The number of carbonyl (C=O) groups excluding carboxylic acids is 2. The number of benzene rings is 2. The van der Waals surface area contributed by atoms with Crippen LogP contribution in [0.15, 0.2) is 72.7 Å². The van der Waals surface area contributed by atoms with Gasteiger partial charge >= 0.3 is 18.1 Å². The number of hydrogen-bond acceptors (Lipinski definition) is 6. The van der Waals surface area contributed by atoms with Gasteiger partial charge in [-0.2, -0.15) is 13.2 Å². The second-order valence-electron chi connectivity index (χ2n) is 8.49. The molecule has 1 aromatic heterocycles. The molecule has 0 radical (unpaired) electrons. The molecule has 2 aliphatic rings. The molecule has 192 valence electrons. The third kappa shape index (κ3) is 4.73. The summed E-state index contributed by atoms with van der Waals surface area (Å²) in [5, 5.41) is 6.32. The summed E-state index contributed by atoms with van der Waals surface area (Å²) < 4.78 is 43.3. The summed E-state index contributed by atoms with van der Waals surface area (Å²) in [6, 6.07) is 10.4. The van der Waals surface area contributed by atoms with Crippen molar-refractivity contribution in [2.45, 2.75) is 13.1 Å². The second kappa shape index (κ2) is 9.51. The number of alkyl halides is 3. The first-order valence-electron chi connectivity index (χ1n) is 11.3. The van der Waals surface area contributed by atoms with E-state index >= 15 is 0 Å². The highest BCUT2D eigenvalue weighted by Gasteiger charge is 2.38. The van der Waals surface area contributed by atoms with Crippen molar-refractivity contribution in [3.8, 4) is 6.01 Å². The minimum atomic E-state index is -5.00. The third-order valence-corrected chi connectivity index (χ3v) is 5.96. The lowest BCUT2D eigenvalue weighted by molar-refractivity contribution is -0.167. The van der Waals surface area contributed by atoms with Crippen LogP contribution in [-0.4, -0.2) is 35.1 Å². The number of methoxy groups -OCH3 is 1. The fourth-order valence-corrected chi connectivity index (χ4v) is 4.23. The van der Waals surface area contributed by atoms with Crippen LogP contribution in [0.2, 0.25) is 0 Å². The average molecular weight is 519 g/mol. The van der Waals surface area contributed by atoms with E-state index in [4.69, 9.17) is 4.74 Å². The largest absolute Gasteiger partial charge is 0.471 e. The third-order valence-electron chi connectivity index (χ3n) is 5.96. The van der Waals surface area contributed by atoms with E-state index in [1.165, 1.54) is 31.6 Å². The number of aromatic nitrogens is 2. The van der Waals surface area contributed by atoms with Crippen LogP contribution in [0.1, 0.15) is 11.1 Å². The van der Waals surface area contributed by atoms with E-state index in [0.29, 0.717) is 28.2 Å². The zero-order valence-electron chi connectivity index (χ0n) is 20.1. The van der Waals surface area contributed by atoms with Crippen molar-refractivity contribution in [1.82, 2.24) is 9.97 Å². The van der Waals surface area contributed by atoms with E-state index in [1.807, 2.05) is 41.4 Å². The summed E-state index contributed by atoms with van der Waals surface area (Å²) in [7, 11) is 1.44. The average Bonchev–Trinajstić information content (AvgIpc) is 3.02. The Morgan fingerprint density at radius 2 is 1.76 bits per heavy atom. The summed E-state index contributed by atoms with van der Waals surface area (Å²) in [4.78, 5) is 34.4. The predicted octanol–water partition coefficient (Wildman–Crippen LogP) is 3.14. The summed E-state index contributed by atoms with van der Waals surface area (Å²) in [5.41, 5.74) is 3.68. The van der Waals surface area contributed by atoms with Crippen LogP contribution in [0.3, 0.4) is 0 Å². The number of ether oxygens (including phenoxy) is 1. The lowest BCUT2D eigenvalue weighted by Crippen LogP contribution is -2.34. The van der Waals surface area contributed by atoms with Gasteiger partial charge in [-0.15, -0.1) is 0 Å². The maximum Gasteiger partial charge on any atom is 0.471 e. The van der Waals surface area contributed by atoms with Crippen LogP contribution >= 0.6 is 0 Å². The predicted molar refractivity (Wildman–Crippen MR) is 135 cm³/mol. The molecule has 11 heteroatoms. The van der Waals surface area contributed by atoms with Gasteiger partial charge in [-0.1, -0.05) is 18.2 Å². The molecule has 2 aliphatic heterocycles. The summed E-state index contributed by atoms with van der Waals surface area (Å²) in [5.74, 6) is -2.43. The maximum absolute atomic E-state index is 13.1. The number of nitrogens with zero attached hydrogens (tertiary/aromatic N) is 3. The first kappa shape index (κ1) is 24.8. The highest BCUT2D eigenvalue weighted by atomic mass is 19.4. The topological polar surface area (TPSA) is 96.4 Å². The first-order valence-corrected chi connectivity index (χ1v) is 11.3. The van der Waals surface area contributed by atoms with Crippen molar-refractivity contribution in [2.24, 2.45) is 0 Å². The van der Waals surface area contributed by atoms with E-state index < -0.39 is 12.1 Å². The Morgan fingerprint density at radius 3 is 2.47 bits per heavy atom. The molecule has 0 saturated heterocycles. The van der Waals surface area contributed by atoms with Crippen molar-refractivity contribution >= 4 is 40.6 Å². The Bertz CT molecular complexity index is 1640. The van der Waals surface area contributed by atoms with Gasteiger partial charge < -0.3 is 20.3 Å². The zero-order valence-corrected chi connectivity index (χ0v) is 20.1. The van der Waals surface area contributed by atoms with Crippen LogP contribution in [0, 0.1) is 6.92 Å². The number of amides is 2. The fourth-order valence-electron chi connectivity index (χ4n) is 4.23. The van der Waals surface area contributed by atoms with Crippen LogP contribution < -0.4 is 30.7 Å². The smallest absolute Gasteiger partial charge is 0.467 e. The number of nitrogens with one attached hydrogen (secondary N) is 2. The van der Waals surface area contributed by atoms with E-state index in [1.54, 1.807) is 24.4 Å². The number of rotatable bonds is 4. The normalized spacial score (nSPS) is 13.8. The molecule has 0 bridgehead atoms. The van der Waals surface area contributed by atoms with Crippen LogP contribution in [0.4, 0.5) is 30.2 Å². The lowest BCUT2D eigenvalue weighted by Gasteiger charge is -2.27. The molecule has 3 heterocycles. The molecule has 38 heavy (non-hydrogen) atoms. The number of halogens is 3. The summed E-state index contributed by atoms with van der Waals surface area (Å²) in [6.07, 6.45) is 4.79. The Hall–Kier alpha value is -4.93. The lowest BCUT2D eigenvalue weighted by atomic mass is 10.0. The Balaban J connectivity index is 1.56. The Kier molecular flexibility index (Phi) is 6.19. The minimum absolute atomic E-state index is 0.0123. The van der Waals surface area contributed by atoms with E-state index in [-0.39, 0.29) is 17.6 Å². The molecule has 8 nitrogen and oxygen atoms in total. The molecule has 0 spiro atoms. The number of fused-ring (bicyclic) bond motifs is 4. The molecular formula is C27H20F3N5O3. The van der Waals surface area contributed by atoms with E-state index in [9.17, 15) is 22.8 Å². The molecule has 2 amide bonds. The molecule has 2 aromatic carbocycles. The van der Waals surface area contributed by atoms with Gasteiger partial charge in [0.1, 0.15) is 0 Å². The number of carbonyl (C=O) groups is 2. The van der Waals surface area contributed by atoms with Crippen molar-refractivity contribution < 1.29 is 27.5 Å². The molecule has 0 atom stereocenters. The Morgan fingerprint density at radius 1 is 1.00 bits per heavy atom. The number of hydrogen-bond donors (Lipinski definition) is 2. The van der Waals surface area contributed by atoms with Crippen LogP contribution in [-0.2, 0) is 9.59 Å². The van der Waals surface area contributed by atoms with E-state index in [2.05, 4.69) is 15.3 Å². The van der Waals surface area contributed by atoms with Crippen LogP contribution in [0.5, 0.6) is 6.01 Å². The SMILES string of the molecule is COc1ncc(NC(=O)C2=CC3=c4c(C)cccc4=Cc4cc(NC(=O)C(F)(F)F)ccc4N3C=C2)cn1. The first-order chi connectivity index (χ1) is 18.1. The maximum atomic E-state index is 13.1. The fraction of sp³-hybridized carbons (Fsp3) is 0.111. The quantitative estimate of drug-likeness (QED) is 0.550. The number of anilines is 3. The van der Waals surface area contributed by atoms with Gasteiger partial charge in [0.2, 0.25) is 0 Å². The van der Waals surface area contributed by atoms with Gasteiger partial charge in [-0.25, -0.2) is 9.97 Å². The zero-order chi connectivity index (χ0) is 27.0. The van der Waals surface area contributed by atoms with Crippen molar-refractivity contribution in [3.63, 3.8) is 0 Å². The highest BCUT2D eigenvalue weighted by molar-refractivity contribution is 6.08. The van der Waals surface area contributed by atoms with Crippen molar-refractivity contribution in [1.29, 1.82) is 0 Å². The monoisotopic (exact) mass is 519 g/mol. The molecular weight excluding hydrogens is 499 g/mol. The van der Waals surface area contributed by atoms with Gasteiger partial charge in [0.05, 0.1) is 36.6 Å². The van der Waals surface area contributed by atoms with Crippen LogP contribution in [0.25, 0.3) is 11.8 Å². The molecule has 0 fully saturated rings. The Labute approximate surface area is 214 Å². The summed E-state index contributed by atoms with van der Waals surface area (Å²) >= 11 is 0. The molecule has 0 saturated carbocycles. The van der Waals surface area contributed by atoms with Gasteiger partial charge in [0.25, 0.3) is 5.91 Å². The van der Waals surface area contributed by atoms with E-state index in [0.717, 1.165) is 16.0 Å². The molecule has 0 aliphatic carbocycles. The highest BCUT2D eigenvalue weighted by Crippen LogP contribution is 2.33. The number of aryl methyl sites for hydroxylation is 1. The molecule has 2 N–H and O–H groups in total. The van der Waals surface area contributed by atoms with Gasteiger partial charge in [-0.05, 0) is 54.1 Å². The van der Waals surface area contributed by atoms with Gasteiger partial charge in [0.15, 0.2) is 0 Å². The van der Waals surface area contributed by atoms with Gasteiger partial charge in [-0.3, -0.25) is 9.59 Å². The molecule has 3 aromatic rings. The standard InChI is InChI=1S/C27H20F3N5O3/c1-15-4-3-5-16-10-18-11-19(34-25(37)27(28,29)30)6-7-21(18)35-9-8-17(12-22(35)23(15)16)24(36)33-20-13-31-26(38-2)32-14-20/h3-14H,1-2H3,(H,33,36)(H,34,37). The molecule has 0 unspecified atom stereocenters.